The number of hydrogen-bond donors (Lipinski definition) is 1. The second kappa shape index (κ2) is 8.71. The third-order valence-electron chi connectivity index (χ3n) is 2.85. The Morgan fingerprint density at radius 3 is 2.70 bits per heavy atom. The maximum Gasteiger partial charge on any atom is 0.323 e. The van der Waals surface area contributed by atoms with Crippen molar-refractivity contribution in [2.45, 2.75) is 26.2 Å². The zero-order chi connectivity index (χ0) is 15.0. The standard InChI is InChI=1S/C14H21NO4S/c1-11-6-7-12(20-11)4-3-5-13(16)15(8-9-19-2)10-14(17)18/h6-7H,3-5,8-10H2,1-2H3,(H,17,18). The van der Waals surface area contributed by atoms with E-state index >= 15 is 0 Å². The fourth-order valence-electron chi connectivity index (χ4n) is 1.85. The van der Waals surface area contributed by atoms with Crippen LogP contribution in [0.5, 0.6) is 0 Å². The number of hydrogen-bond acceptors (Lipinski definition) is 4. The van der Waals surface area contributed by atoms with Crippen LogP contribution in [0.3, 0.4) is 0 Å². The van der Waals surface area contributed by atoms with Gasteiger partial charge in [-0.1, -0.05) is 0 Å². The zero-order valence-electron chi connectivity index (χ0n) is 11.9. The summed E-state index contributed by atoms with van der Waals surface area (Å²) in [6, 6.07) is 4.14. The molecule has 20 heavy (non-hydrogen) atoms. The maximum absolute atomic E-state index is 12.0. The van der Waals surface area contributed by atoms with E-state index in [2.05, 4.69) is 19.1 Å². The number of ether oxygens (including phenoxy) is 1. The number of carbonyl (C=O) groups excluding carboxylic acids is 1. The van der Waals surface area contributed by atoms with Crippen molar-refractivity contribution in [2.24, 2.45) is 0 Å². The summed E-state index contributed by atoms with van der Waals surface area (Å²) in [5.41, 5.74) is 0. The molecule has 0 radical (unpaired) electrons. The Morgan fingerprint density at radius 1 is 1.40 bits per heavy atom. The molecule has 0 bridgehead atoms. The van der Waals surface area contributed by atoms with Crippen LogP contribution in [-0.2, 0) is 20.7 Å². The number of aryl methyl sites for hydroxylation is 2. The Hall–Kier alpha value is -1.40. The number of methoxy groups -OCH3 is 1. The molecule has 0 aliphatic carbocycles. The van der Waals surface area contributed by atoms with E-state index in [4.69, 9.17) is 9.84 Å². The number of nitrogens with zero attached hydrogens (tertiary/aromatic N) is 1. The lowest BCUT2D eigenvalue weighted by molar-refractivity contribution is -0.144. The van der Waals surface area contributed by atoms with Crippen LogP contribution >= 0.6 is 11.3 Å². The lowest BCUT2D eigenvalue weighted by Gasteiger charge is -2.20. The molecule has 0 unspecified atom stereocenters. The van der Waals surface area contributed by atoms with Gasteiger partial charge in [0.05, 0.1) is 6.61 Å². The number of carboxylic acids is 1. The van der Waals surface area contributed by atoms with Gasteiger partial charge in [-0.3, -0.25) is 9.59 Å². The highest BCUT2D eigenvalue weighted by molar-refractivity contribution is 7.11. The van der Waals surface area contributed by atoms with Gasteiger partial charge in [0.25, 0.3) is 0 Å². The predicted molar refractivity (Wildman–Crippen MR) is 78.1 cm³/mol. The molecular weight excluding hydrogens is 278 g/mol. The molecule has 5 nitrogen and oxygen atoms in total. The average Bonchev–Trinajstić information content (AvgIpc) is 2.79. The van der Waals surface area contributed by atoms with Crippen molar-refractivity contribution in [1.29, 1.82) is 0 Å². The molecule has 1 N–H and O–H groups in total. The Morgan fingerprint density at radius 2 is 2.15 bits per heavy atom. The number of amides is 1. The first-order chi connectivity index (χ1) is 9.52. The minimum atomic E-state index is -0.997. The second-order valence-electron chi connectivity index (χ2n) is 4.57. The first-order valence-corrected chi connectivity index (χ1v) is 7.38. The van der Waals surface area contributed by atoms with E-state index in [1.165, 1.54) is 21.8 Å². The van der Waals surface area contributed by atoms with E-state index in [9.17, 15) is 9.59 Å². The molecule has 0 atom stereocenters. The highest BCUT2D eigenvalue weighted by Gasteiger charge is 2.16. The van der Waals surface area contributed by atoms with Gasteiger partial charge in [0, 0.05) is 29.8 Å². The fourth-order valence-corrected chi connectivity index (χ4v) is 2.78. The van der Waals surface area contributed by atoms with Crippen molar-refractivity contribution in [3.63, 3.8) is 0 Å². The Balaban J connectivity index is 2.38. The monoisotopic (exact) mass is 299 g/mol. The summed E-state index contributed by atoms with van der Waals surface area (Å²) in [6.07, 6.45) is 1.96. The Bertz CT molecular complexity index is 444. The summed E-state index contributed by atoms with van der Waals surface area (Å²) in [4.78, 5) is 26.6. The molecule has 1 rings (SSSR count). The molecule has 0 aromatic carbocycles. The second-order valence-corrected chi connectivity index (χ2v) is 5.94. The summed E-state index contributed by atoms with van der Waals surface area (Å²) in [7, 11) is 1.53. The summed E-state index contributed by atoms with van der Waals surface area (Å²) >= 11 is 1.73. The summed E-state index contributed by atoms with van der Waals surface area (Å²) < 4.78 is 4.90. The van der Waals surface area contributed by atoms with E-state index in [1.807, 2.05) is 0 Å². The Labute approximate surface area is 123 Å². The van der Waals surface area contributed by atoms with Crippen LogP contribution in [0.1, 0.15) is 22.6 Å². The summed E-state index contributed by atoms with van der Waals surface area (Å²) in [5.74, 6) is -1.12. The topological polar surface area (TPSA) is 66.8 Å². The van der Waals surface area contributed by atoms with Gasteiger partial charge in [0.15, 0.2) is 0 Å². The minimum absolute atomic E-state index is 0.127. The normalized spacial score (nSPS) is 10.5. The molecule has 6 heteroatoms. The van der Waals surface area contributed by atoms with Crippen LogP contribution in [0, 0.1) is 6.92 Å². The number of rotatable bonds is 9. The maximum atomic E-state index is 12.0. The van der Waals surface area contributed by atoms with Gasteiger partial charge in [-0.2, -0.15) is 0 Å². The first kappa shape index (κ1) is 16.7. The average molecular weight is 299 g/mol. The van der Waals surface area contributed by atoms with Gasteiger partial charge in [-0.25, -0.2) is 0 Å². The van der Waals surface area contributed by atoms with Gasteiger partial charge >= 0.3 is 5.97 Å². The van der Waals surface area contributed by atoms with Crippen LogP contribution in [0.15, 0.2) is 12.1 Å². The third-order valence-corrected chi connectivity index (χ3v) is 3.91. The third kappa shape index (κ3) is 6.16. The largest absolute Gasteiger partial charge is 0.480 e. The van der Waals surface area contributed by atoms with Gasteiger partial charge in [-0.15, -0.1) is 11.3 Å². The molecule has 112 valence electrons. The lowest BCUT2D eigenvalue weighted by Crippen LogP contribution is -2.37. The highest BCUT2D eigenvalue weighted by atomic mass is 32.1. The molecular formula is C14H21NO4S. The van der Waals surface area contributed by atoms with Gasteiger partial charge in [0.2, 0.25) is 5.91 Å². The molecule has 1 aromatic rings. The summed E-state index contributed by atoms with van der Waals surface area (Å²) in [6.45, 7) is 2.46. The molecule has 0 saturated heterocycles. The van der Waals surface area contributed by atoms with E-state index in [0.717, 1.165) is 12.8 Å². The molecule has 1 amide bonds. The smallest absolute Gasteiger partial charge is 0.323 e. The SMILES string of the molecule is COCCN(CC(=O)O)C(=O)CCCc1ccc(C)s1. The van der Waals surface area contributed by atoms with Crippen molar-refractivity contribution >= 4 is 23.2 Å². The fraction of sp³-hybridized carbons (Fsp3) is 0.571. The molecule has 0 fully saturated rings. The quantitative estimate of drug-likeness (QED) is 0.756. The van der Waals surface area contributed by atoms with E-state index in [1.54, 1.807) is 11.3 Å². The Kier molecular flexibility index (Phi) is 7.25. The number of carbonyl (C=O) groups is 2. The van der Waals surface area contributed by atoms with Crippen LogP contribution in [-0.4, -0.2) is 48.7 Å². The van der Waals surface area contributed by atoms with Crippen molar-refractivity contribution in [2.75, 3.05) is 26.8 Å². The summed E-state index contributed by atoms with van der Waals surface area (Å²) in [5, 5.41) is 8.81. The predicted octanol–water partition coefficient (Wildman–Crippen LogP) is 1.94. The van der Waals surface area contributed by atoms with E-state index < -0.39 is 5.97 Å². The first-order valence-electron chi connectivity index (χ1n) is 6.56. The number of thiophene rings is 1. The zero-order valence-corrected chi connectivity index (χ0v) is 12.7. The highest BCUT2D eigenvalue weighted by Crippen LogP contribution is 2.17. The van der Waals surface area contributed by atoms with E-state index in [-0.39, 0.29) is 12.5 Å². The molecule has 0 spiro atoms. The van der Waals surface area contributed by atoms with E-state index in [0.29, 0.717) is 19.6 Å². The van der Waals surface area contributed by atoms with Crippen LogP contribution in [0.25, 0.3) is 0 Å². The van der Waals surface area contributed by atoms with Crippen molar-refractivity contribution in [1.82, 2.24) is 4.90 Å². The van der Waals surface area contributed by atoms with Crippen LogP contribution in [0.4, 0.5) is 0 Å². The number of aliphatic carboxylic acids is 1. The molecule has 0 saturated carbocycles. The van der Waals surface area contributed by atoms with Crippen molar-refractivity contribution < 1.29 is 19.4 Å². The molecule has 0 aliphatic rings. The van der Waals surface area contributed by atoms with Crippen LogP contribution in [0.2, 0.25) is 0 Å². The number of carboxylic acid groups (broad SMARTS) is 1. The van der Waals surface area contributed by atoms with Crippen molar-refractivity contribution in [3.8, 4) is 0 Å². The molecule has 0 aliphatic heterocycles. The molecule has 1 heterocycles. The van der Waals surface area contributed by atoms with Crippen LogP contribution < -0.4 is 0 Å². The van der Waals surface area contributed by atoms with Gasteiger partial charge in [0.1, 0.15) is 6.54 Å². The van der Waals surface area contributed by atoms with Gasteiger partial charge in [-0.05, 0) is 31.9 Å². The van der Waals surface area contributed by atoms with Crippen molar-refractivity contribution in [3.05, 3.63) is 21.9 Å². The lowest BCUT2D eigenvalue weighted by atomic mass is 10.2. The molecule has 1 aromatic heterocycles. The minimum Gasteiger partial charge on any atom is -0.480 e. The van der Waals surface area contributed by atoms with Gasteiger partial charge < -0.3 is 14.7 Å².